The summed E-state index contributed by atoms with van der Waals surface area (Å²) >= 11 is 0. The standard InChI is InChI=1S/C27H22N2O/c30-27(19-10-5-2-6-11-19)29-26(17-25(28-29)18-8-3-1-4-9-18)23-13-7-12-21-22(23)15-14-20-16-24(20)21/h1-15,20,24,26H,16-17H2. The number of hydrazone groups is 1. The lowest BCUT2D eigenvalue weighted by Crippen LogP contribution is -2.27. The van der Waals surface area contributed by atoms with Crippen LogP contribution in [0.1, 0.15) is 57.4 Å². The van der Waals surface area contributed by atoms with Gasteiger partial charge in [0.1, 0.15) is 0 Å². The second kappa shape index (κ2) is 6.81. The van der Waals surface area contributed by atoms with Gasteiger partial charge in [-0.1, -0.05) is 78.9 Å². The first-order valence-electron chi connectivity index (χ1n) is 10.6. The third-order valence-electron chi connectivity index (χ3n) is 6.53. The lowest BCUT2D eigenvalue weighted by Gasteiger charge is -2.25. The van der Waals surface area contributed by atoms with Crippen LogP contribution in [0, 0.1) is 5.92 Å². The summed E-state index contributed by atoms with van der Waals surface area (Å²) in [6.45, 7) is 0. The first-order valence-corrected chi connectivity index (χ1v) is 10.6. The number of allylic oxidation sites excluding steroid dienone is 1. The molecule has 3 atom stereocenters. The van der Waals surface area contributed by atoms with Crippen LogP contribution in [0.2, 0.25) is 0 Å². The summed E-state index contributed by atoms with van der Waals surface area (Å²) in [4.78, 5) is 13.4. The summed E-state index contributed by atoms with van der Waals surface area (Å²) in [7, 11) is 0. The zero-order valence-corrected chi connectivity index (χ0v) is 16.6. The highest BCUT2D eigenvalue weighted by Crippen LogP contribution is 2.54. The molecule has 1 aliphatic heterocycles. The molecule has 3 aromatic rings. The summed E-state index contributed by atoms with van der Waals surface area (Å²) in [6.07, 6.45) is 6.58. The van der Waals surface area contributed by atoms with Crippen LogP contribution >= 0.6 is 0 Å². The Kier molecular flexibility index (Phi) is 3.95. The van der Waals surface area contributed by atoms with Crippen molar-refractivity contribution in [1.29, 1.82) is 0 Å². The molecule has 0 saturated heterocycles. The molecule has 3 nitrogen and oxygen atoms in total. The first kappa shape index (κ1) is 17.4. The van der Waals surface area contributed by atoms with Gasteiger partial charge in [0.05, 0.1) is 11.8 Å². The number of amides is 1. The molecule has 1 fully saturated rings. The number of benzene rings is 3. The van der Waals surface area contributed by atoms with Crippen molar-refractivity contribution in [2.75, 3.05) is 0 Å². The molecule has 3 heteroatoms. The van der Waals surface area contributed by atoms with Crippen LogP contribution in [0.25, 0.3) is 6.08 Å². The van der Waals surface area contributed by atoms with Crippen molar-refractivity contribution in [3.63, 3.8) is 0 Å². The van der Waals surface area contributed by atoms with E-state index in [-0.39, 0.29) is 11.9 Å². The Morgan fingerprint density at radius 3 is 2.40 bits per heavy atom. The molecule has 0 radical (unpaired) electrons. The van der Waals surface area contributed by atoms with Gasteiger partial charge < -0.3 is 0 Å². The van der Waals surface area contributed by atoms with E-state index >= 15 is 0 Å². The Balaban J connectivity index is 1.44. The minimum absolute atomic E-state index is 0.0479. The summed E-state index contributed by atoms with van der Waals surface area (Å²) < 4.78 is 0. The van der Waals surface area contributed by atoms with Crippen LogP contribution in [0.4, 0.5) is 0 Å². The van der Waals surface area contributed by atoms with E-state index in [2.05, 4.69) is 42.5 Å². The fourth-order valence-corrected chi connectivity index (χ4v) is 4.87. The normalized spacial score (nSPS) is 23.5. The molecule has 0 bridgehead atoms. The number of carbonyl (C=O) groups is 1. The van der Waals surface area contributed by atoms with Crippen LogP contribution in [0.5, 0.6) is 0 Å². The molecule has 1 heterocycles. The topological polar surface area (TPSA) is 32.7 Å². The van der Waals surface area contributed by atoms with E-state index in [0.717, 1.165) is 17.7 Å². The maximum absolute atomic E-state index is 13.4. The second-order valence-electron chi connectivity index (χ2n) is 8.36. The number of rotatable bonds is 3. The fourth-order valence-electron chi connectivity index (χ4n) is 4.87. The molecule has 0 spiro atoms. The summed E-state index contributed by atoms with van der Waals surface area (Å²) in [6, 6.07) is 26.1. The average molecular weight is 390 g/mol. The molecule has 0 N–H and O–H groups in total. The van der Waals surface area contributed by atoms with Gasteiger partial charge >= 0.3 is 0 Å². The Bertz CT molecular complexity index is 1180. The zero-order valence-electron chi connectivity index (χ0n) is 16.6. The van der Waals surface area contributed by atoms with E-state index in [9.17, 15) is 4.79 Å². The average Bonchev–Trinajstić information content (AvgIpc) is 3.49. The molecule has 2 aliphatic carbocycles. The quantitative estimate of drug-likeness (QED) is 0.556. The lowest BCUT2D eigenvalue weighted by atomic mass is 9.87. The lowest BCUT2D eigenvalue weighted by molar-refractivity contribution is 0.0711. The van der Waals surface area contributed by atoms with Gasteiger partial charge in [0.25, 0.3) is 5.91 Å². The Labute approximate surface area is 176 Å². The highest BCUT2D eigenvalue weighted by atomic mass is 16.2. The minimum Gasteiger partial charge on any atom is -0.267 e. The van der Waals surface area contributed by atoms with E-state index < -0.39 is 0 Å². The van der Waals surface area contributed by atoms with E-state index in [0.29, 0.717) is 17.4 Å². The van der Waals surface area contributed by atoms with Gasteiger partial charge in [-0.2, -0.15) is 5.10 Å². The van der Waals surface area contributed by atoms with Gasteiger partial charge in [-0.15, -0.1) is 0 Å². The highest BCUT2D eigenvalue weighted by Gasteiger charge is 2.42. The largest absolute Gasteiger partial charge is 0.274 e. The van der Waals surface area contributed by atoms with Crippen LogP contribution in [-0.4, -0.2) is 16.6 Å². The van der Waals surface area contributed by atoms with Gasteiger partial charge in [0, 0.05) is 12.0 Å². The van der Waals surface area contributed by atoms with Gasteiger partial charge in [-0.05, 0) is 52.6 Å². The van der Waals surface area contributed by atoms with Gasteiger partial charge in [0.15, 0.2) is 0 Å². The number of hydrogen-bond donors (Lipinski definition) is 0. The van der Waals surface area contributed by atoms with Crippen molar-refractivity contribution >= 4 is 17.7 Å². The molecular formula is C27H22N2O. The molecule has 30 heavy (non-hydrogen) atoms. The third kappa shape index (κ3) is 2.81. The summed E-state index contributed by atoms with van der Waals surface area (Å²) in [5.74, 6) is 1.31. The maximum Gasteiger partial charge on any atom is 0.274 e. The molecular weight excluding hydrogens is 368 g/mol. The summed E-state index contributed by atoms with van der Waals surface area (Å²) in [5, 5.41) is 6.56. The van der Waals surface area contributed by atoms with Crippen molar-refractivity contribution in [1.82, 2.24) is 5.01 Å². The van der Waals surface area contributed by atoms with Crippen molar-refractivity contribution in [3.8, 4) is 0 Å². The highest BCUT2D eigenvalue weighted by molar-refractivity contribution is 6.05. The molecule has 3 aliphatic rings. The van der Waals surface area contributed by atoms with Crippen LogP contribution in [0.15, 0.2) is 90.0 Å². The molecule has 3 aromatic carbocycles. The van der Waals surface area contributed by atoms with Crippen LogP contribution in [-0.2, 0) is 0 Å². The van der Waals surface area contributed by atoms with E-state index in [1.165, 1.54) is 23.1 Å². The van der Waals surface area contributed by atoms with Crippen LogP contribution in [0.3, 0.4) is 0 Å². The Hall–Kier alpha value is -3.46. The zero-order chi connectivity index (χ0) is 20.1. The van der Waals surface area contributed by atoms with E-state index in [1.54, 1.807) is 5.01 Å². The number of hydrogen-bond acceptors (Lipinski definition) is 2. The number of nitrogens with zero attached hydrogens (tertiary/aromatic N) is 2. The van der Waals surface area contributed by atoms with Crippen molar-refractivity contribution in [3.05, 3.63) is 113 Å². The molecule has 1 amide bonds. The SMILES string of the molecule is O=C(c1ccccc1)N1N=C(c2ccccc2)CC1c1cccc2c1C=CC1CC21. The predicted molar refractivity (Wildman–Crippen MR) is 119 cm³/mol. The monoisotopic (exact) mass is 390 g/mol. The van der Waals surface area contributed by atoms with Crippen molar-refractivity contribution in [2.24, 2.45) is 11.0 Å². The van der Waals surface area contributed by atoms with Crippen molar-refractivity contribution < 1.29 is 4.79 Å². The van der Waals surface area contributed by atoms with Crippen LogP contribution < -0.4 is 0 Å². The fraction of sp³-hybridized carbons (Fsp3) is 0.185. The van der Waals surface area contributed by atoms with Gasteiger partial charge in [-0.25, -0.2) is 5.01 Å². The second-order valence-corrected chi connectivity index (χ2v) is 8.36. The van der Waals surface area contributed by atoms with Gasteiger partial charge in [-0.3, -0.25) is 4.79 Å². The molecule has 6 rings (SSSR count). The Morgan fingerprint density at radius 1 is 0.867 bits per heavy atom. The number of carbonyl (C=O) groups excluding carboxylic acids is 1. The van der Waals surface area contributed by atoms with E-state index in [4.69, 9.17) is 5.10 Å². The predicted octanol–water partition coefficient (Wildman–Crippen LogP) is 5.81. The molecule has 3 unspecified atom stereocenters. The smallest absolute Gasteiger partial charge is 0.267 e. The first-order chi connectivity index (χ1) is 14.8. The molecule has 0 aromatic heterocycles. The Morgan fingerprint density at radius 2 is 1.60 bits per heavy atom. The van der Waals surface area contributed by atoms with Crippen molar-refractivity contribution in [2.45, 2.75) is 24.8 Å². The van der Waals surface area contributed by atoms with E-state index in [1.807, 2.05) is 48.5 Å². The minimum atomic E-state index is -0.0946. The molecule has 1 saturated carbocycles. The number of fused-ring (bicyclic) bond motifs is 3. The summed E-state index contributed by atoms with van der Waals surface area (Å²) in [5.41, 5.74) is 6.63. The third-order valence-corrected chi connectivity index (χ3v) is 6.53. The molecule has 146 valence electrons. The maximum atomic E-state index is 13.4. The van der Waals surface area contributed by atoms with Gasteiger partial charge in [0.2, 0.25) is 0 Å².